The minimum atomic E-state index is -0.388. The molecule has 136 valence electrons. The SMILES string of the molecule is CC1CCN(C(=O)COC(=O)c2cc3c(s2)-c2ccccc2CC3)CC1. The van der Waals surface area contributed by atoms with Crippen LogP contribution in [0.5, 0.6) is 0 Å². The summed E-state index contributed by atoms with van der Waals surface area (Å²) in [7, 11) is 0. The van der Waals surface area contributed by atoms with Crippen LogP contribution in [0.3, 0.4) is 0 Å². The quantitative estimate of drug-likeness (QED) is 0.770. The van der Waals surface area contributed by atoms with Gasteiger partial charge in [0, 0.05) is 18.0 Å². The Morgan fingerprint density at radius 2 is 1.88 bits per heavy atom. The molecule has 0 spiro atoms. The zero-order chi connectivity index (χ0) is 18.1. The lowest BCUT2D eigenvalue weighted by Crippen LogP contribution is -2.40. The number of carbonyl (C=O) groups excluding carboxylic acids is 2. The zero-order valence-electron chi connectivity index (χ0n) is 15.0. The average molecular weight is 369 g/mol. The molecule has 4 rings (SSSR count). The molecule has 0 N–H and O–H groups in total. The summed E-state index contributed by atoms with van der Waals surface area (Å²) in [6.07, 6.45) is 3.99. The van der Waals surface area contributed by atoms with Crippen molar-refractivity contribution in [2.45, 2.75) is 32.6 Å². The Morgan fingerprint density at radius 1 is 1.15 bits per heavy atom. The molecule has 1 aromatic carbocycles. The molecular weight excluding hydrogens is 346 g/mol. The van der Waals surface area contributed by atoms with Crippen molar-refractivity contribution in [2.75, 3.05) is 19.7 Å². The Morgan fingerprint density at radius 3 is 2.69 bits per heavy atom. The molecule has 1 fully saturated rings. The Labute approximate surface area is 157 Å². The molecule has 0 bridgehead atoms. The van der Waals surface area contributed by atoms with E-state index in [1.165, 1.54) is 28.0 Å². The fourth-order valence-corrected chi connectivity index (χ4v) is 4.88. The van der Waals surface area contributed by atoms with E-state index in [2.05, 4.69) is 25.1 Å². The summed E-state index contributed by atoms with van der Waals surface area (Å²) in [6.45, 7) is 3.58. The third kappa shape index (κ3) is 3.40. The number of carbonyl (C=O) groups is 2. The zero-order valence-corrected chi connectivity index (χ0v) is 15.8. The van der Waals surface area contributed by atoms with E-state index in [1.54, 1.807) is 0 Å². The highest BCUT2D eigenvalue weighted by Gasteiger charge is 2.24. The predicted molar refractivity (Wildman–Crippen MR) is 102 cm³/mol. The smallest absolute Gasteiger partial charge is 0.348 e. The second-order valence-electron chi connectivity index (χ2n) is 7.26. The lowest BCUT2D eigenvalue weighted by atomic mass is 9.91. The number of hydrogen-bond donors (Lipinski definition) is 0. The molecule has 1 aromatic heterocycles. The molecule has 1 saturated heterocycles. The number of benzene rings is 1. The van der Waals surface area contributed by atoms with Crippen LogP contribution < -0.4 is 0 Å². The second kappa shape index (κ2) is 7.23. The van der Waals surface area contributed by atoms with Gasteiger partial charge in [-0.1, -0.05) is 31.2 Å². The summed E-state index contributed by atoms with van der Waals surface area (Å²) in [6, 6.07) is 10.3. The van der Waals surface area contributed by atoms with Gasteiger partial charge in [0.15, 0.2) is 6.61 Å². The summed E-state index contributed by atoms with van der Waals surface area (Å²) in [5, 5.41) is 0. The number of hydrogen-bond acceptors (Lipinski definition) is 4. The molecule has 0 unspecified atom stereocenters. The number of ether oxygens (including phenoxy) is 1. The van der Waals surface area contributed by atoms with Crippen molar-refractivity contribution in [2.24, 2.45) is 5.92 Å². The standard InChI is InChI=1S/C21H23NO3S/c1-14-8-10-22(11-9-14)19(23)13-25-21(24)18-12-16-7-6-15-4-2-3-5-17(15)20(16)26-18/h2-5,12,14H,6-11,13H2,1H3. The van der Waals surface area contributed by atoms with Crippen molar-refractivity contribution in [1.29, 1.82) is 0 Å². The Kier molecular flexibility index (Phi) is 4.81. The van der Waals surface area contributed by atoms with E-state index in [0.29, 0.717) is 10.8 Å². The van der Waals surface area contributed by atoms with E-state index in [9.17, 15) is 9.59 Å². The van der Waals surface area contributed by atoms with Crippen molar-refractivity contribution >= 4 is 23.2 Å². The van der Waals surface area contributed by atoms with Crippen LogP contribution in [0.1, 0.15) is 40.6 Å². The first-order valence-corrected chi connectivity index (χ1v) is 10.1. The summed E-state index contributed by atoms with van der Waals surface area (Å²) < 4.78 is 5.32. The minimum absolute atomic E-state index is 0.0862. The van der Waals surface area contributed by atoms with Gasteiger partial charge in [-0.05, 0) is 54.4 Å². The molecule has 1 aliphatic carbocycles. The van der Waals surface area contributed by atoms with Gasteiger partial charge in [-0.3, -0.25) is 4.79 Å². The Balaban J connectivity index is 1.41. The molecule has 0 saturated carbocycles. The monoisotopic (exact) mass is 369 g/mol. The third-order valence-corrected chi connectivity index (χ3v) is 6.59. The van der Waals surface area contributed by atoms with E-state index in [0.717, 1.165) is 43.6 Å². The number of aryl methyl sites for hydroxylation is 2. The maximum absolute atomic E-state index is 12.4. The van der Waals surface area contributed by atoms with Crippen LogP contribution in [0.25, 0.3) is 10.4 Å². The number of rotatable bonds is 3. The topological polar surface area (TPSA) is 46.6 Å². The molecule has 1 amide bonds. The molecule has 2 heterocycles. The van der Waals surface area contributed by atoms with Crippen molar-refractivity contribution in [3.63, 3.8) is 0 Å². The van der Waals surface area contributed by atoms with Crippen LogP contribution in [0, 0.1) is 5.92 Å². The van der Waals surface area contributed by atoms with Gasteiger partial charge in [-0.15, -0.1) is 11.3 Å². The van der Waals surface area contributed by atoms with Gasteiger partial charge in [-0.25, -0.2) is 4.79 Å². The van der Waals surface area contributed by atoms with E-state index < -0.39 is 0 Å². The molecule has 4 nitrogen and oxygen atoms in total. The largest absolute Gasteiger partial charge is 0.451 e. The van der Waals surface area contributed by atoms with Gasteiger partial charge in [-0.2, -0.15) is 0 Å². The number of esters is 1. The molecule has 2 aromatic rings. The first kappa shape index (κ1) is 17.3. The van der Waals surface area contributed by atoms with Crippen LogP contribution in [-0.2, 0) is 22.4 Å². The van der Waals surface area contributed by atoms with Gasteiger partial charge in [0.05, 0.1) is 0 Å². The van der Waals surface area contributed by atoms with E-state index in [-0.39, 0.29) is 18.5 Å². The molecular formula is C21H23NO3S. The lowest BCUT2D eigenvalue weighted by Gasteiger charge is -2.30. The summed E-state index contributed by atoms with van der Waals surface area (Å²) in [5.74, 6) is 0.194. The summed E-state index contributed by atoms with van der Waals surface area (Å²) in [4.78, 5) is 28.2. The van der Waals surface area contributed by atoms with Crippen molar-refractivity contribution in [3.05, 3.63) is 46.3 Å². The summed E-state index contributed by atoms with van der Waals surface area (Å²) in [5.41, 5.74) is 3.75. The molecule has 5 heteroatoms. The number of piperidine rings is 1. The minimum Gasteiger partial charge on any atom is -0.451 e. The van der Waals surface area contributed by atoms with E-state index >= 15 is 0 Å². The van der Waals surface area contributed by atoms with E-state index in [1.807, 2.05) is 17.0 Å². The van der Waals surface area contributed by atoms with Gasteiger partial charge < -0.3 is 9.64 Å². The highest BCUT2D eigenvalue weighted by Crippen LogP contribution is 2.39. The predicted octanol–water partition coefficient (Wildman–Crippen LogP) is 3.93. The number of likely N-dealkylation sites (tertiary alicyclic amines) is 1. The fourth-order valence-electron chi connectivity index (χ4n) is 3.72. The van der Waals surface area contributed by atoms with Crippen molar-refractivity contribution in [3.8, 4) is 10.4 Å². The maximum Gasteiger partial charge on any atom is 0.348 e. The molecule has 0 radical (unpaired) electrons. The van der Waals surface area contributed by atoms with Crippen LogP contribution in [0.4, 0.5) is 0 Å². The normalized spacial score (nSPS) is 16.7. The summed E-state index contributed by atoms with van der Waals surface area (Å²) >= 11 is 1.47. The van der Waals surface area contributed by atoms with E-state index in [4.69, 9.17) is 4.74 Å². The van der Waals surface area contributed by atoms with Gasteiger partial charge >= 0.3 is 5.97 Å². The van der Waals surface area contributed by atoms with Crippen molar-refractivity contribution in [1.82, 2.24) is 4.90 Å². The molecule has 1 aliphatic heterocycles. The second-order valence-corrected chi connectivity index (χ2v) is 8.31. The molecule has 26 heavy (non-hydrogen) atoms. The highest BCUT2D eigenvalue weighted by atomic mass is 32.1. The van der Waals surface area contributed by atoms with Crippen LogP contribution in [-0.4, -0.2) is 36.5 Å². The average Bonchev–Trinajstić information content (AvgIpc) is 3.11. The number of thiophene rings is 1. The molecule has 2 aliphatic rings. The van der Waals surface area contributed by atoms with Crippen molar-refractivity contribution < 1.29 is 14.3 Å². The highest BCUT2D eigenvalue weighted by molar-refractivity contribution is 7.17. The number of fused-ring (bicyclic) bond motifs is 3. The molecule has 0 atom stereocenters. The first-order valence-electron chi connectivity index (χ1n) is 9.27. The Bertz CT molecular complexity index is 834. The van der Waals surface area contributed by atoms with Crippen LogP contribution >= 0.6 is 11.3 Å². The lowest BCUT2D eigenvalue weighted by molar-refractivity contribution is -0.135. The fraction of sp³-hybridized carbons (Fsp3) is 0.429. The van der Waals surface area contributed by atoms with Gasteiger partial charge in [0.2, 0.25) is 0 Å². The maximum atomic E-state index is 12.4. The third-order valence-electron chi connectivity index (χ3n) is 5.40. The Hall–Kier alpha value is -2.14. The van der Waals surface area contributed by atoms with Gasteiger partial charge in [0.25, 0.3) is 5.91 Å². The first-order chi connectivity index (χ1) is 12.6. The number of nitrogens with zero attached hydrogens (tertiary/aromatic N) is 1. The van der Waals surface area contributed by atoms with Gasteiger partial charge in [0.1, 0.15) is 4.88 Å². The van der Waals surface area contributed by atoms with Crippen LogP contribution in [0.15, 0.2) is 30.3 Å². The van der Waals surface area contributed by atoms with Crippen LogP contribution in [0.2, 0.25) is 0 Å². The number of amides is 1.